The molecular weight excluding hydrogens is 511 g/mol. The Balaban J connectivity index is 1.78. The van der Waals surface area contributed by atoms with E-state index in [1.807, 2.05) is 61.5 Å². The highest BCUT2D eigenvalue weighted by Crippen LogP contribution is 2.45. The van der Waals surface area contributed by atoms with Gasteiger partial charge in [-0.05, 0) is 48.4 Å². The maximum absolute atomic E-state index is 13.9. The van der Waals surface area contributed by atoms with Crippen LogP contribution in [0.15, 0.2) is 77.8 Å². The van der Waals surface area contributed by atoms with Crippen LogP contribution in [-0.4, -0.2) is 42.2 Å². The molecule has 1 amide bonds. The van der Waals surface area contributed by atoms with Crippen LogP contribution in [0.1, 0.15) is 42.6 Å². The molecule has 1 heterocycles. The third-order valence-electron chi connectivity index (χ3n) is 6.13. The molecule has 2 atom stereocenters. The molecule has 0 unspecified atom stereocenters. The molecule has 0 saturated carbocycles. The van der Waals surface area contributed by atoms with Crippen LogP contribution in [0.25, 0.3) is 0 Å². The summed E-state index contributed by atoms with van der Waals surface area (Å²) in [6.45, 7) is 3.01. The van der Waals surface area contributed by atoms with Gasteiger partial charge in [0.1, 0.15) is 5.75 Å². The monoisotopic (exact) mass is 540 g/mol. The van der Waals surface area contributed by atoms with E-state index in [4.69, 9.17) is 42.8 Å². The highest BCUT2D eigenvalue weighted by Gasteiger charge is 2.53. The first kappa shape index (κ1) is 27.0. The predicted octanol–water partition coefficient (Wildman–Crippen LogP) is 5.78. The fourth-order valence-corrected chi connectivity index (χ4v) is 4.78. The first-order chi connectivity index (χ1) is 18.0. The molecule has 6 nitrogen and oxygen atoms in total. The summed E-state index contributed by atoms with van der Waals surface area (Å²) in [4.78, 5) is 18.8. The zero-order valence-electron chi connectivity index (χ0n) is 20.6. The maximum atomic E-state index is 13.9. The van der Waals surface area contributed by atoms with E-state index in [2.05, 4.69) is 5.32 Å². The first-order valence-corrected chi connectivity index (χ1v) is 13.1. The molecule has 0 saturated heterocycles. The minimum absolute atomic E-state index is 0.0704. The maximum Gasteiger partial charge on any atom is 0.252 e. The minimum Gasteiger partial charge on any atom is -0.494 e. The van der Waals surface area contributed by atoms with E-state index in [1.165, 1.54) is 0 Å². The van der Waals surface area contributed by atoms with E-state index >= 15 is 0 Å². The van der Waals surface area contributed by atoms with Crippen molar-refractivity contribution in [1.29, 1.82) is 0 Å². The molecule has 3 aromatic carbocycles. The molecule has 1 aliphatic rings. The Hall–Kier alpha value is -3.06. The van der Waals surface area contributed by atoms with Gasteiger partial charge in [-0.2, -0.15) is 0 Å². The van der Waals surface area contributed by atoms with Crippen molar-refractivity contribution in [3.05, 3.63) is 99.5 Å². The number of aliphatic hydroxyl groups is 1. The molecule has 0 bridgehead atoms. The number of rotatable bonds is 11. The topological polar surface area (TPSA) is 80.2 Å². The standard InChI is InChI=1S/C29H30Cl2N2O4/c1-2-15-32-28(35)29(19-20-7-4-3-5-8-20)26(24-14-11-22(30)18-25(24)31)37-27(33-29)21-9-12-23(13-10-21)36-17-6-16-34/h3-5,7-14,18,26,34H,2,6,15-17,19H2,1H3,(H,32,35)/t26-,29-/m1/s1. The fourth-order valence-electron chi connectivity index (χ4n) is 4.27. The van der Waals surface area contributed by atoms with Gasteiger partial charge >= 0.3 is 0 Å². The van der Waals surface area contributed by atoms with Gasteiger partial charge in [0.05, 0.1) is 6.61 Å². The summed E-state index contributed by atoms with van der Waals surface area (Å²) in [5.74, 6) is 0.790. The Bertz CT molecular complexity index is 1230. The molecule has 3 aromatic rings. The van der Waals surface area contributed by atoms with E-state index < -0.39 is 11.6 Å². The number of carbonyl (C=O) groups excluding carboxylic acids is 1. The highest BCUT2D eigenvalue weighted by atomic mass is 35.5. The van der Waals surface area contributed by atoms with Crippen LogP contribution in [0.2, 0.25) is 10.0 Å². The Morgan fingerprint density at radius 3 is 2.54 bits per heavy atom. The summed E-state index contributed by atoms with van der Waals surface area (Å²) in [7, 11) is 0. The van der Waals surface area contributed by atoms with Crippen LogP contribution in [0.4, 0.5) is 0 Å². The van der Waals surface area contributed by atoms with Crippen molar-refractivity contribution in [3.63, 3.8) is 0 Å². The number of amides is 1. The minimum atomic E-state index is -1.29. The largest absolute Gasteiger partial charge is 0.494 e. The lowest BCUT2D eigenvalue weighted by molar-refractivity contribution is -0.128. The lowest BCUT2D eigenvalue weighted by Gasteiger charge is -2.31. The quantitative estimate of drug-likeness (QED) is 0.302. The lowest BCUT2D eigenvalue weighted by Crippen LogP contribution is -2.50. The Kier molecular flexibility index (Phi) is 9.09. The van der Waals surface area contributed by atoms with E-state index in [9.17, 15) is 4.79 Å². The van der Waals surface area contributed by atoms with Gasteiger partial charge in [-0.3, -0.25) is 4.79 Å². The molecule has 0 aliphatic carbocycles. The van der Waals surface area contributed by atoms with Crippen LogP contribution >= 0.6 is 23.2 Å². The molecule has 0 radical (unpaired) electrons. The number of aliphatic hydroxyl groups excluding tert-OH is 1. The Labute approximate surface area is 227 Å². The summed E-state index contributed by atoms with van der Waals surface area (Å²) in [5, 5.41) is 12.9. The van der Waals surface area contributed by atoms with Crippen molar-refractivity contribution in [2.24, 2.45) is 4.99 Å². The number of nitrogens with one attached hydrogen (secondary N) is 1. The molecule has 0 spiro atoms. The molecule has 194 valence electrons. The van der Waals surface area contributed by atoms with Gasteiger partial charge < -0.3 is 19.9 Å². The summed E-state index contributed by atoms with van der Waals surface area (Å²) < 4.78 is 12.1. The Morgan fingerprint density at radius 1 is 1.11 bits per heavy atom. The zero-order chi connectivity index (χ0) is 26.3. The van der Waals surface area contributed by atoms with E-state index in [-0.39, 0.29) is 12.5 Å². The van der Waals surface area contributed by atoms with E-state index in [0.717, 1.165) is 12.0 Å². The summed E-state index contributed by atoms with van der Waals surface area (Å²) in [6.07, 6.45) is 0.883. The number of ether oxygens (including phenoxy) is 2. The summed E-state index contributed by atoms with van der Waals surface area (Å²) in [6, 6.07) is 22.3. The second-order valence-electron chi connectivity index (χ2n) is 8.87. The number of aliphatic imine (C=N–C) groups is 1. The first-order valence-electron chi connectivity index (χ1n) is 12.3. The van der Waals surface area contributed by atoms with Crippen molar-refractivity contribution in [2.75, 3.05) is 19.8 Å². The number of halogens is 2. The van der Waals surface area contributed by atoms with Gasteiger partial charge in [0, 0.05) is 47.2 Å². The molecule has 8 heteroatoms. The second kappa shape index (κ2) is 12.5. The molecule has 1 aliphatic heterocycles. The van der Waals surface area contributed by atoms with E-state index in [0.29, 0.717) is 58.8 Å². The van der Waals surface area contributed by atoms with Gasteiger partial charge in [-0.25, -0.2) is 4.99 Å². The Morgan fingerprint density at radius 2 is 1.86 bits per heavy atom. The van der Waals surface area contributed by atoms with Crippen LogP contribution in [0, 0.1) is 0 Å². The van der Waals surface area contributed by atoms with Gasteiger partial charge in [-0.15, -0.1) is 0 Å². The van der Waals surface area contributed by atoms with Crippen LogP contribution < -0.4 is 10.1 Å². The van der Waals surface area contributed by atoms with Crippen LogP contribution in [0.3, 0.4) is 0 Å². The SMILES string of the molecule is CCCNC(=O)[C@]1(Cc2ccccc2)N=C(c2ccc(OCCCO)cc2)O[C@@H]1c1ccc(Cl)cc1Cl. The molecule has 37 heavy (non-hydrogen) atoms. The number of nitrogens with zero attached hydrogens (tertiary/aromatic N) is 1. The van der Waals surface area contributed by atoms with Crippen molar-refractivity contribution >= 4 is 35.0 Å². The van der Waals surface area contributed by atoms with Crippen molar-refractivity contribution < 1.29 is 19.4 Å². The smallest absolute Gasteiger partial charge is 0.252 e. The average molecular weight is 541 g/mol. The third kappa shape index (κ3) is 6.27. The predicted molar refractivity (Wildman–Crippen MR) is 147 cm³/mol. The van der Waals surface area contributed by atoms with Gasteiger partial charge in [0.2, 0.25) is 5.90 Å². The molecule has 0 aromatic heterocycles. The van der Waals surface area contributed by atoms with Gasteiger partial charge in [-0.1, -0.05) is 66.5 Å². The fraction of sp³-hybridized carbons (Fsp3) is 0.310. The van der Waals surface area contributed by atoms with Crippen LogP contribution in [-0.2, 0) is 16.0 Å². The second-order valence-corrected chi connectivity index (χ2v) is 9.72. The highest BCUT2D eigenvalue weighted by molar-refractivity contribution is 6.35. The lowest BCUT2D eigenvalue weighted by atomic mass is 9.82. The third-order valence-corrected chi connectivity index (χ3v) is 6.69. The molecular formula is C29H30Cl2N2O4. The van der Waals surface area contributed by atoms with Crippen molar-refractivity contribution in [3.8, 4) is 5.75 Å². The molecule has 2 N–H and O–H groups in total. The van der Waals surface area contributed by atoms with Gasteiger partial charge in [0.25, 0.3) is 5.91 Å². The number of benzene rings is 3. The number of hydrogen-bond donors (Lipinski definition) is 2. The number of hydrogen-bond acceptors (Lipinski definition) is 5. The average Bonchev–Trinajstić information content (AvgIpc) is 3.28. The summed E-state index contributed by atoms with van der Waals surface area (Å²) >= 11 is 12.8. The van der Waals surface area contributed by atoms with Crippen LogP contribution in [0.5, 0.6) is 5.75 Å². The molecule has 0 fully saturated rings. The molecule has 4 rings (SSSR count). The number of carbonyl (C=O) groups is 1. The zero-order valence-corrected chi connectivity index (χ0v) is 22.1. The van der Waals surface area contributed by atoms with Crippen molar-refractivity contribution in [2.45, 2.75) is 37.8 Å². The summed E-state index contributed by atoms with van der Waals surface area (Å²) in [5.41, 5.74) is 1.00. The normalized spacial score (nSPS) is 18.7. The van der Waals surface area contributed by atoms with Gasteiger partial charge in [0.15, 0.2) is 11.6 Å². The van der Waals surface area contributed by atoms with E-state index in [1.54, 1.807) is 18.2 Å². The van der Waals surface area contributed by atoms with Crippen molar-refractivity contribution in [1.82, 2.24) is 5.32 Å².